The van der Waals surface area contributed by atoms with Gasteiger partial charge in [0.05, 0.1) is 34.5 Å². The number of aromatic nitrogens is 10. The highest BCUT2D eigenvalue weighted by molar-refractivity contribution is 7.17. The normalized spacial score (nSPS) is 10.9. The largest absolute Gasteiger partial charge is 0.351 e. The van der Waals surface area contributed by atoms with Gasteiger partial charge in [-0.2, -0.15) is 76.4 Å². The number of anilines is 10. The van der Waals surface area contributed by atoms with Gasteiger partial charge in [0.25, 0.3) is 29.5 Å². The summed E-state index contributed by atoms with van der Waals surface area (Å²) in [4.78, 5) is 107. The second kappa shape index (κ2) is 46.7. The Bertz CT molecular complexity index is 5800. The van der Waals surface area contributed by atoms with Crippen LogP contribution in [-0.4, -0.2) is 106 Å². The molecule has 11 rings (SSSR count). The number of aryl methyl sites for hydroxylation is 5. The number of carbonyl (C=O) groups is 5. The number of thiazole rings is 5. The number of pyridine rings is 5. The van der Waals surface area contributed by atoms with E-state index < -0.39 is 53.5 Å². The smallest absolute Gasteiger partial charge is 0.271 e. The Kier molecular flexibility index (Phi) is 36.9. The van der Waals surface area contributed by atoms with E-state index in [1.165, 1.54) is 57.0 Å². The van der Waals surface area contributed by atoms with Crippen LogP contribution in [0, 0.1) is 150 Å². The maximum Gasteiger partial charge on any atom is 0.271 e. The molecular weight excluding hydrogens is 1740 g/mol. The summed E-state index contributed by atoms with van der Waals surface area (Å²) in [5, 5.41) is 62.0. The number of rotatable bonds is 27. The lowest BCUT2D eigenvalue weighted by atomic mass is 9.97. The molecule has 43 heteroatoms. The highest BCUT2D eigenvalue weighted by Crippen LogP contribution is 2.37. The van der Waals surface area contributed by atoms with Gasteiger partial charge in [-0.25, -0.2) is 59.4 Å². The van der Waals surface area contributed by atoms with Crippen molar-refractivity contribution in [1.29, 1.82) is 26.3 Å². The predicted molar refractivity (Wildman–Crippen MR) is 463 cm³/mol. The monoisotopic (exact) mass is 1820 g/mol. The third kappa shape index (κ3) is 29.3. The minimum atomic E-state index is -1.06. The first-order chi connectivity index (χ1) is 59.7. The molecule has 30 nitrogen and oxygen atoms in total. The number of benzene rings is 1. The van der Waals surface area contributed by atoms with Crippen molar-refractivity contribution in [2.24, 2.45) is 10.8 Å². The van der Waals surface area contributed by atoms with Crippen LogP contribution in [-0.2, 0) is 0 Å². The fourth-order valence-electron chi connectivity index (χ4n) is 10.6. The maximum atomic E-state index is 13.4. The SMILES string of the molecule is CCCCCNC(=O)c1nc(N(C#N)c2cc(F)nc(F)c2)sc1C.CCCCCNC(=O)c1nc(N(C#N)c2ccnc(F)c2)sc1C.Cc1sc(N(C#N)c2cc(F)nc(F)c2)nc1C(=O)NC(C)c1ccccc1.Cc1sc(N(C#N)c2cc(F)nc(F)c2)nc1C(=O)NCC(C)(C)C.Cc1sc(N(C#N)c2ccnc(F)c2)nc1C(=O)NCC(C)(C)C. The molecular formula is C83H85F8N25O5S5. The van der Waals surface area contributed by atoms with E-state index in [2.05, 4.69) is 90.3 Å². The van der Waals surface area contributed by atoms with Gasteiger partial charge in [-0.15, -0.1) is 56.7 Å². The van der Waals surface area contributed by atoms with Gasteiger partial charge in [-0.1, -0.05) is 111 Å². The number of nitriles is 5. The minimum absolute atomic E-state index is 0.0452. The number of hydrogen-bond donors (Lipinski definition) is 5. The standard InChI is InChI=1S/C19H15F2N5OS.2C16H17F2N5OS.2C16H18FN5OS/c1-11(13-6-4-3-5-7-13)23-18(27)17-12(2)28-19(25-17)26(10-22)14-8-15(20)24-16(21)9-14;1-9-13(14(24)20-7-16(2,3)4)22-15(25-9)23(8-19)10-5-11(17)21-12(18)6-10;1-3-4-5-6-20-15(24)14-10(2)25-16(22-14)23(9-19)11-7-12(17)21-13(18)8-11;1-10-13(14(23)20-8-16(2,3)4)21-15(24-10)22(9-18)11-5-6-19-12(17)7-11;1-3-4-5-7-20-15(23)14-11(2)24-16(21-14)22(10-18)12-6-8-19-13(17)9-12/h3-9,11H,1-2H3,(H,23,27);5-6H,7H2,1-4H3,(H,20,24);7-8H,3-6H2,1-2H3,(H,20,24);5-7H,8H2,1-4H3,(H,20,23);6,8-9H,3-5,7H2,1-2H3,(H,20,23). The van der Waals surface area contributed by atoms with E-state index in [1.54, 1.807) is 34.6 Å². The van der Waals surface area contributed by atoms with E-state index in [1.807, 2.05) is 110 Å². The van der Waals surface area contributed by atoms with Crippen molar-refractivity contribution < 1.29 is 59.1 Å². The first-order valence-corrected chi connectivity index (χ1v) is 42.4. The van der Waals surface area contributed by atoms with Crippen molar-refractivity contribution >= 4 is 140 Å². The Hall–Kier alpha value is -13.6. The molecule has 0 spiro atoms. The zero-order valence-corrected chi connectivity index (χ0v) is 74.6. The number of carbonyl (C=O) groups excluding carboxylic acids is 5. The fourth-order valence-corrected chi connectivity index (χ4v) is 15.0. The van der Waals surface area contributed by atoms with Crippen molar-refractivity contribution in [3.8, 4) is 31.0 Å². The molecule has 1 unspecified atom stereocenters. The lowest BCUT2D eigenvalue weighted by Crippen LogP contribution is -2.32. The van der Waals surface area contributed by atoms with Crippen LogP contribution >= 0.6 is 56.7 Å². The summed E-state index contributed by atoms with van der Waals surface area (Å²) in [5.74, 6) is -9.32. The van der Waals surface area contributed by atoms with Gasteiger partial charge in [0, 0.05) is 111 Å². The number of hydrogen-bond acceptors (Lipinski definition) is 30. The summed E-state index contributed by atoms with van der Waals surface area (Å²) in [5.41, 5.74) is 2.35. The van der Waals surface area contributed by atoms with Gasteiger partial charge >= 0.3 is 0 Å². The number of nitrogens with zero attached hydrogens (tertiary/aromatic N) is 20. The average molecular weight is 1830 g/mol. The van der Waals surface area contributed by atoms with Crippen LogP contribution in [0.3, 0.4) is 0 Å². The van der Waals surface area contributed by atoms with Crippen molar-refractivity contribution in [2.75, 3.05) is 50.7 Å². The van der Waals surface area contributed by atoms with Crippen LogP contribution < -0.4 is 51.1 Å². The van der Waals surface area contributed by atoms with E-state index >= 15 is 0 Å². The zero-order valence-electron chi connectivity index (χ0n) is 70.5. The minimum Gasteiger partial charge on any atom is -0.351 e. The number of halogens is 8. The summed E-state index contributed by atoms with van der Waals surface area (Å²) in [6.07, 6.45) is 17.9. The topological polar surface area (TPSA) is 410 Å². The molecule has 0 aliphatic rings. The van der Waals surface area contributed by atoms with Crippen LogP contribution in [0.2, 0.25) is 0 Å². The molecule has 658 valence electrons. The molecule has 0 aliphatic carbocycles. The molecule has 0 bridgehead atoms. The van der Waals surface area contributed by atoms with Gasteiger partial charge < -0.3 is 26.6 Å². The Balaban J connectivity index is 0.000000216. The molecule has 10 heterocycles. The summed E-state index contributed by atoms with van der Waals surface area (Å²) in [6.45, 7) is 28.7. The van der Waals surface area contributed by atoms with Gasteiger partial charge in [0.2, 0.25) is 73.2 Å². The van der Waals surface area contributed by atoms with E-state index in [0.717, 1.165) is 141 Å². The summed E-state index contributed by atoms with van der Waals surface area (Å²) in [7, 11) is 0. The fraction of sp³-hybridized carbons (Fsp3) is 0.325. The van der Waals surface area contributed by atoms with Crippen LogP contribution in [0.4, 0.5) is 89.2 Å². The summed E-state index contributed by atoms with van der Waals surface area (Å²) in [6, 6.07) is 20.0. The molecule has 0 fully saturated rings. The molecule has 10 aromatic heterocycles. The molecule has 5 amide bonds. The lowest BCUT2D eigenvalue weighted by molar-refractivity contribution is 0.0927. The molecule has 1 aromatic carbocycles. The Morgan fingerprint density at radius 1 is 0.365 bits per heavy atom. The molecule has 11 aromatic rings. The first kappa shape index (κ1) is 99.5. The molecule has 0 radical (unpaired) electrons. The van der Waals surface area contributed by atoms with Crippen LogP contribution in [0.5, 0.6) is 0 Å². The number of amides is 5. The van der Waals surface area contributed by atoms with Crippen molar-refractivity contribution in [3.05, 3.63) is 209 Å². The summed E-state index contributed by atoms with van der Waals surface area (Å²) < 4.78 is 106. The van der Waals surface area contributed by atoms with E-state index in [4.69, 9.17) is 0 Å². The average Bonchev–Trinajstić information content (AvgIpc) is 1.68. The molecule has 1 atom stereocenters. The Labute approximate surface area is 741 Å². The molecule has 0 aliphatic heterocycles. The van der Waals surface area contributed by atoms with Gasteiger partial charge in [-0.3, -0.25) is 24.0 Å². The maximum absolute atomic E-state index is 13.4. The van der Waals surface area contributed by atoms with Crippen molar-refractivity contribution in [2.45, 2.75) is 141 Å². The Morgan fingerprint density at radius 3 is 0.873 bits per heavy atom. The second-order valence-corrected chi connectivity index (χ2v) is 35.2. The molecule has 5 N–H and O–H groups in total. The van der Waals surface area contributed by atoms with E-state index in [9.17, 15) is 85.4 Å². The highest BCUT2D eigenvalue weighted by Gasteiger charge is 2.29. The predicted octanol–water partition coefficient (Wildman–Crippen LogP) is 18.3. The molecule has 126 heavy (non-hydrogen) atoms. The van der Waals surface area contributed by atoms with Gasteiger partial charge in [0.15, 0.2) is 31.0 Å². The quantitative estimate of drug-likeness (QED) is 0.0105. The van der Waals surface area contributed by atoms with Crippen LogP contribution in [0.1, 0.15) is 189 Å². The third-order valence-electron chi connectivity index (χ3n) is 16.7. The second-order valence-electron chi connectivity index (χ2n) is 29.3. The molecule has 0 saturated heterocycles. The van der Waals surface area contributed by atoms with E-state index in [0.29, 0.717) is 77.9 Å². The number of nitrogens with one attached hydrogen (secondary N) is 5. The number of unbranched alkanes of at least 4 members (excludes halogenated alkanes) is 4. The van der Waals surface area contributed by atoms with Crippen molar-refractivity contribution in [1.82, 2.24) is 76.4 Å². The Morgan fingerprint density at radius 2 is 0.619 bits per heavy atom. The summed E-state index contributed by atoms with van der Waals surface area (Å²) >= 11 is 5.65. The lowest BCUT2D eigenvalue weighted by Gasteiger charge is -2.18. The van der Waals surface area contributed by atoms with E-state index in [-0.39, 0.29) is 95.7 Å². The van der Waals surface area contributed by atoms with Gasteiger partial charge in [-0.05, 0) is 82.9 Å². The zero-order chi connectivity index (χ0) is 92.9. The molecule has 0 saturated carbocycles. The third-order valence-corrected chi connectivity index (χ3v) is 21.5. The van der Waals surface area contributed by atoms with Gasteiger partial charge in [0.1, 0.15) is 28.5 Å². The highest BCUT2D eigenvalue weighted by atomic mass is 32.1. The van der Waals surface area contributed by atoms with Crippen LogP contribution in [0.25, 0.3) is 0 Å². The van der Waals surface area contributed by atoms with Crippen molar-refractivity contribution in [3.63, 3.8) is 0 Å². The van der Waals surface area contributed by atoms with Crippen LogP contribution in [0.15, 0.2) is 103 Å². The first-order valence-electron chi connectivity index (χ1n) is 38.3.